The molecule has 0 saturated carbocycles. The highest BCUT2D eigenvalue weighted by Gasteiger charge is 2.20. The molecule has 0 spiro atoms. The van der Waals surface area contributed by atoms with Crippen LogP contribution in [0.25, 0.3) is 0 Å². The van der Waals surface area contributed by atoms with Crippen molar-refractivity contribution in [2.24, 2.45) is 5.73 Å². The highest BCUT2D eigenvalue weighted by molar-refractivity contribution is 7.09. The summed E-state index contributed by atoms with van der Waals surface area (Å²) in [4.78, 5) is 9.76. The van der Waals surface area contributed by atoms with Crippen LogP contribution < -0.4 is 5.73 Å². The molecule has 1 atom stereocenters. The first-order valence-corrected chi connectivity index (χ1v) is 8.20. The van der Waals surface area contributed by atoms with Gasteiger partial charge in [0.25, 0.3) is 0 Å². The normalized spacial score (nSPS) is 19.7. The molecule has 1 fully saturated rings. The molecule has 0 aromatic carbocycles. The molecule has 2 heterocycles. The molecule has 4 nitrogen and oxygen atoms in total. The summed E-state index contributed by atoms with van der Waals surface area (Å²) in [6.07, 6.45) is 2.15. The molecular formula is C14H26N4S. The van der Waals surface area contributed by atoms with E-state index in [1.54, 1.807) is 11.3 Å². The zero-order chi connectivity index (χ0) is 13.7. The molecule has 5 heteroatoms. The summed E-state index contributed by atoms with van der Waals surface area (Å²) in [5.41, 5.74) is 6.77. The van der Waals surface area contributed by atoms with Crippen LogP contribution in [0.2, 0.25) is 0 Å². The number of rotatable bonds is 6. The lowest BCUT2D eigenvalue weighted by molar-refractivity contribution is 0.0957. The van der Waals surface area contributed by atoms with Gasteiger partial charge in [-0.05, 0) is 19.9 Å². The van der Waals surface area contributed by atoms with E-state index < -0.39 is 0 Å². The minimum atomic E-state index is 0.695. The van der Waals surface area contributed by atoms with E-state index in [0.29, 0.717) is 6.54 Å². The third kappa shape index (κ3) is 4.24. The maximum atomic E-state index is 5.56. The monoisotopic (exact) mass is 282 g/mol. The molecule has 0 amide bonds. The second kappa shape index (κ2) is 7.33. The van der Waals surface area contributed by atoms with E-state index in [1.807, 2.05) is 0 Å². The fourth-order valence-corrected chi connectivity index (χ4v) is 3.31. The molecule has 0 bridgehead atoms. The molecule has 1 aromatic rings. The van der Waals surface area contributed by atoms with Crippen molar-refractivity contribution in [3.8, 4) is 0 Å². The van der Waals surface area contributed by atoms with Gasteiger partial charge in [0.2, 0.25) is 0 Å². The first-order valence-electron chi connectivity index (χ1n) is 7.32. The fraction of sp³-hybridized carbons (Fsp3) is 0.786. The summed E-state index contributed by atoms with van der Waals surface area (Å²) in [5, 5.41) is 3.36. The number of aromatic nitrogens is 1. The Morgan fingerprint density at radius 1 is 1.37 bits per heavy atom. The average Bonchev–Trinajstić information content (AvgIpc) is 2.86. The van der Waals surface area contributed by atoms with Crippen molar-refractivity contribution >= 4 is 11.3 Å². The number of piperazine rings is 1. The molecule has 2 rings (SSSR count). The van der Waals surface area contributed by atoms with Gasteiger partial charge in [-0.15, -0.1) is 11.3 Å². The minimum Gasteiger partial charge on any atom is -0.330 e. The minimum absolute atomic E-state index is 0.695. The smallest absolute Gasteiger partial charge is 0.0941 e. The third-order valence-corrected chi connectivity index (χ3v) is 4.92. The van der Waals surface area contributed by atoms with Crippen molar-refractivity contribution in [1.29, 1.82) is 0 Å². The van der Waals surface area contributed by atoms with E-state index in [4.69, 9.17) is 5.73 Å². The van der Waals surface area contributed by atoms with Crippen LogP contribution >= 0.6 is 11.3 Å². The van der Waals surface area contributed by atoms with E-state index >= 15 is 0 Å². The summed E-state index contributed by atoms with van der Waals surface area (Å²) in [6.45, 7) is 11.0. The highest BCUT2D eigenvalue weighted by Crippen LogP contribution is 2.14. The Labute approximate surface area is 120 Å². The summed E-state index contributed by atoms with van der Waals surface area (Å²) in [5.74, 6) is 0. The number of nitrogens with two attached hydrogens (primary N) is 1. The Balaban J connectivity index is 1.78. The molecule has 1 aliphatic rings. The van der Waals surface area contributed by atoms with Crippen LogP contribution in [0.4, 0.5) is 0 Å². The van der Waals surface area contributed by atoms with Crippen LogP contribution in [0.1, 0.15) is 31.0 Å². The standard InChI is InChI=1S/C14H26N4S/c1-3-12(2)18-8-6-17(7-9-18)10-13-11-19-14(16-13)4-5-15/h11-12H,3-10,15H2,1-2H3. The molecule has 1 saturated heterocycles. The SMILES string of the molecule is CCC(C)N1CCN(Cc2csc(CCN)n2)CC1. The van der Waals surface area contributed by atoms with Crippen LogP contribution in [0.5, 0.6) is 0 Å². The van der Waals surface area contributed by atoms with E-state index in [0.717, 1.165) is 32.1 Å². The number of nitrogens with zero attached hydrogens (tertiary/aromatic N) is 3. The average molecular weight is 282 g/mol. The van der Waals surface area contributed by atoms with Gasteiger partial charge in [-0.3, -0.25) is 9.80 Å². The number of hydrogen-bond donors (Lipinski definition) is 1. The summed E-state index contributed by atoms with van der Waals surface area (Å²) in [6, 6.07) is 0.720. The Morgan fingerprint density at radius 3 is 2.74 bits per heavy atom. The van der Waals surface area contributed by atoms with Crippen LogP contribution in [-0.2, 0) is 13.0 Å². The first kappa shape index (κ1) is 14.9. The van der Waals surface area contributed by atoms with Gasteiger partial charge in [0.15, 0.2) is 0 Å². The van der Waals surface area contributed by atoms with Crippen molar-refractivity contribution in [3.05, 3.63) is 16.1 Å². The van der Waals surface area contributed by atoms with Gasteiger partial charge in [-0.25, -0.2) is 4.98 Å². The van der Waals surface area contributed by atoms with Gasteiger partial charge in [-0.2, -0.15) is 0 Å². The Hall–Kier alpha value is -0.490. The summed E-state index contributed by atoms with van der Waals surface area (Å²) in [7, 11) is 0. The van der Waals surface area contributed by atoms with Gasteiger partial charge in [0.05, 0.1) is 10.7 Å². The topological polar surface area (TPSA) is 45.4 Å². The predicted molar refractivity (Wildman–Crippen MR) is 81.5 cm³/mol. The Bertz CT molecular complexity index is 371. The molecule has 2 N–H and O–H groups in total. The number of hydrogen-bond acceptors (Lipinski definition) is 5. The molecule has 1 aliphatic heterocycles. The van der Waals surface area contributed by atoms with E-state index in [-0.39, 0.29) is 0 Å². The fourth-order valence-electron chi connectivity index (χ4n) is 2.51. The lowest BCUT2D eigenvalue weighted by atomic mass is 10.2. The zero-order valence-electron chi connectivity index (χ0n) is 12.1. The Kier molecular flexibility index (Phi) is 5.76. The predicted octanol–water partition coefficient (Wildman–Crippen LogP) is 1.56. The van der Waals surface area contributed by atoms with Crippen molar-refractivity contribution < 1.29 is 0 Å². The molecular weight excluding hydrogens is 256 g/mol. The van der Waals surface area contributed by atoms with E-state index in [9.17, 15) is 0 Å². The van der Waals surface area contributed by atoms with Gasteiger partial charge in [0, 0.05) is 50.6 Å². The molecule has 0 aliphatic carbocycles. The summed E-state index contributed by atoms with van der Waals surface area (Å²) >= 11 is 1.74. The van der Waals surface area contributed by atoms with Gasteiger partial charge < -0.3 is 5.73 Å². The largest absolute Gasteiger partial charge is 0.330 e. The number of thiazole rings is 1. The van der Waals surface area contributed by atoms with Crippen molar-refractivity contribution in [3.63, 3.8) is 0 Å². The van der Waals surface area contributed by atoms with Crippen LogP contribution in [0, 0.1) is 0 Å². The van der Waals surface area contributed by atoms with E-state index in [1.165, 1.54) is 30.2 Å². The van der Waals surface area contributed by atoms with Crippen LogP contribution in [-0.4, -0.2) is 53.5 Å². The van der Waals surface area contributed by atoms with E-state index in [2.05, 4.69) is 34.0 Å². The quantitative estimate of drug-likeness (QED) is 0.860. The van der Waals surface area contributed by atoms with Gasteiger partial charge >= 0.3 is 0 Å². The highest BCUT2D eigenvalue weighted by atomic mass is 32.1. The van der Waals surface area contributed by atoms with Crippen molar-refractivity contribution in [2.45, 2.75) is 39.3 Å². The van der Waals surface area contributed by atoms with Gasteiger partial charge in [0.1, 0.15) is 0 Å². The van der Waals surface area contributed by atoms with Crippen LogP contribution in [0.3, 0.4) is 0 Å². The van der Waals surface area contributed by atoms with Crippen molar-refractivity contribution in [1.82, 2.24) is 14.8 Å². The molecule has 0 radical (unpaired) electrons. The molecule has 1 aromatic heterocycles. The Morgan fingerprint density at radius 2 is 2.11 bits per heavy atom. The van der Waals surface area contributed by atoms with Crippen LogP contribution in [0.15, 0.2) is 5.38 Å². The lowest BCUT2D eigenvalue weighted by Crippen LogP contribution is -2.49. The second-order valence-corrected chi connectivity index (χ2v) is 6.28. The molecule has 19 heavy (non-hydrogen) atoms. The maximum Gasteiger partial charge on any atom is 0.0941 e. The second-order valence-electron chi connectivity index (χ2n) is 5.34. The molecule has 1 unspecified atom stereocenters. The summed E-state index contributed by atoms with van der Waals surface area (Å²) < 4.78 is 0. The zero-order valence-corrected chi connectivity index (χ0v) is 13.0. The first-order chi connectivity index (χ1) is 9.22. The van der Waals surface area contributed by atoms with Gasteiger partial charge in [-0.1, -0.05) is 6.92 Å². The third-order valence-electron chi connectivity index (χ3n) is 3.96. The maximum absolute atomic E-state index is 5.56. The van der Waals surface area contributed by atoms with Crippen molar-refractivity contribution in [2.75, 3.05) is 32.7 Å². The molecule has 108 valence electrons. The lowest BCUT2D eigenvalue weighted by Gasteiger charge is -2.37.